The number of ether oxygens (including phenoxy) is 1. The Labute approximate surface area is 274 Å². The Morgan fingerprint density at radius 1 is 0.911 bits per heavy atom. The molecule has 4 aliphatic rings. The second-order valence-corrected chi connectivity index (χ2v) is 16.5. The van der Waals surface area contributed by atoms with Gasteiger partial charge in [0, 0.05) is 18.5 Å². The summed E-state index contributed by atoms with van der Waals surface area (Å²) in [5, 5.41) is 2.96. The van der Waals surface area contributed by atoms with E-state index in [0.29, 0.717) is 17.4 Å². The monoisotopic (exact) mass is 617 g/mol. The second kappa shape index (κ2) is 14.8. The third-order valence-electron chi connectivity index (χ3n) is 13.2. The number of fused-ring (bicyclic) bond motifs is 5. The van der Waals surface area contributed by atoms with Crippen LogP contribution in [0, 0.1) is 46.3 Å². The van der Waals surface area contributed by atoms with Crippen molar-refractivity contribution in [2.45, 2.75) is 150 Å². The molecule has 4 heteroatoms. The van der Waals surface area contributed by atoms with Crippen molar-refractivity contribution in [3.8, 4) is 0 Å². The van der Waals surface area contributed by atoms with Gasteiger partial charge in [-0.15, -0.1) is 0 Å². The van der Waals surface area contributed by atoms with Crippen LogP contribution in [0.15, 0.2) is 35.9 Å². The minimum atomic E-state index is -0.247. The lowest BCUT2D eigenvalue weighted by atomic mass is 9.47. The largest absolute Gasteiger partial charge is 0.458 e. The fourth-order valence-corrected chi connectivity index (χ4v) is 10.6. The zero-order valence-corrected chi connectivity index (χ0v) is 29.5. The Kier molecular flexibility index (Phi) is 11.2. The van der Waals surface area contributed by atoms with Gasteiger partial charge >= 0.3 is 5.97 Å². The number of unbranched alkanes of at least 4 members (excludes halogenated alkanes) is 3. The maximum absolute atomic E-state index is 13.1. The van der Waals surface area contributed by atoms with Crippen molar-refractivity contribution in [1.82, 2.24) is 0 Å². The highest BCUT2D eigenvalue weighted by Crippen LogP contribution is 2.67. The van der Waals surface area contributed by atoms with Gasteiger partial charge in [-0.3, -0.25) is 4.79 Å². The number of carbonyl (C=O) groups is 2. The van der Waals surface area contributed by atoms with E-state index in [1.807, 2.05) is 12.1 Å². The fourth-order valence-electron chi connectivity index (χ4n) is 10.6. The first kappa shape index (κ1) is 34.2. The average Bonchev–Trinajstić information content (AvgIpc) is 3.37. The van der Waals surface area contributed by atoms with Crippen LogP contribution in [-0.4, -0.2) is 18.0 Å². The lowest BCUT2D eigenvalue weighted by Crippen LogP contribution is -2.51. The number of hydrogen-bond acceptors (Lipinski definition) is 3. The molecule has 1 N–H and O–H groups in total. The van der Waals surface area contributed by atoms with Crippen molar-refractivity contribution < 1.29 is 14.3 Å². The molecule has 4 nitrogen and oxygen atoms in total. The lowest BCUT2D eigenvalue weighted by molar-refractivity contribution is -0.116. The quantitative estimate of drug-likeness (QED) is 0.136. The number of benzene rings is 1. The summed E-state index contributed by atoms with van der Waals surface area (Å²) in [5.74, 6) is 4.81. The lowest BCUT2D eigenvalue weighted by Gasteiger charge is -2.58. The Hall–Kier alpha value is -2.10. The molecule has 4 aliphatic carbocycles. The van der Waals surface area contributed by atoms with E-state index in [9.17, 15) is 9.59 Å². The average molecular weight is 618 g/mol. The molecule has 1 unspecified atom stereocenters. The van der Waals surface area contributed by atoms with E-state index in [4.69, 9.17) is 4.74 Å². The van der Waals surface area contributed by atoms with Gasteiger partial charge in [-0.05, 0) is 122 Å². The van der Waals surface area contributed by atoms with Gasteiger partial charge in [0.1, 0.15) is 6.10 Å². The molecule has 5 rings (SSSR count). The second-order valence-electron chi connectivity index (χ2n) is 16.5. The van der Waals surface area contributed by atoms with Crippen LogP contribution in [-0.2, 0) is 9.53 Å². The van der Waals surface area contributed by atoms with Crippen molar-refractivity contribution in [2.24, 2.45) is 46.3 Å². The molecule has 0 radical (unpaired) electrons. The van der Waals surface area contributed by atoms with Crippen LogP contribution in [0.3, 0.4) is 0 Å². The molecule has 0 saturated heterocycles. The van der Waals surface area contributed by atoms with Crippen LogP contribution in [0.1, 0.15) is 155 Å². The molecule has 0 aliphatic heterocycles. The number of esters is 1. The van der Waals surface area contributed by atoms with E-state index in [-0.39, 0.29) is 23.4 Å². The molecule has 0 heterocycles. The zero-order valence-electron chi connectivity index (χ0n) is 29.5. The summed E-state index contributed by atoms with van der Waals surface area (Å²) >= 11 is 0. The van der Waals surface area contributed by atoms with E-state index in [0.717, 1.165) is 79.7 Å². The first-order valence-electron chi connectivity index (χ1n) is 18.9. The molecule has 250 valence electrons. The third kappa shape index (κ3) is 7.57. The minimum Gasteiger partial charge on any atom is -0.458 e. The Balaban J connectivity index is 1.15. The molecule has 8 atom stereocenters. The minimum absolute atomic E-state index is 0.0386. The van der Waals surface area contributed by atoms with Gasteiger partial charge in [0.05, 0.1) is 5.56 Å². The molecule has 3 fully saturated rings. The number of rotatable bonds is 13. The number of nitrogens with one attached hydrogen (secondary N) is 1. The Bertz CT molecular complexity index is 1190. The summed E-state index contributed by atoms with van der Waals surface area (Å²) in [6, 6.07) is 7.20. The molecule has 45 heavy (non-hydrogen) atoms. The fraction of sp³-hybridized carbons (Fsp3) is 0.756. The van der Waals surface area contributed by atoms with Gasteiger partial charge in [-0.25, -0.2) is 4.79 Å². The van der Waals surface area contributed by atoms with Gasteiger partial charge in [-0.2, -0.15) is 0 Å². The van der Waals surface area contributed by atoms with Crippen LogP contribution >= 0.6 is 0 Å². The summed E-state index contributed by atoms with van der Waals surface area (Å²) in [7, 11) is 0. The van der Waals surface area contributed by atoms with E-state index in [2.05, 4.69) is 52.9 Å². The standard InChI is InChI=1S/C41H63NO3/c1-7-8-9-10-14-38(43)42-32-18-15-30(16-19-32)39(44)45-33-23-25-40(5)31(27-33)17-20-34-36-22-21-35(29(4)13-11-12-28(2)3)41(36,6)26-24-37(34)40/h15-19,28-29,33-37H,7-14,20-27H2,1-6H3,(H,42,43)/t29-,33?,34+,35-,36+,37+,40+,41-/m1/s1. The molecule has 0 bridgehead atoms. The van der Waals surface area contributed by atoms with Crippen LogP contribution in [0.2, 0.25) is 0 Å². The van der Waals surface area contributed by atoms with Gasteiger partial charge in [-0.1, -0.05) is 91.7 Å². The first-order chi connectivity index (χ1) is 21.5. The highest BCUT2D eigenvalue weighted by Gasteiger charge is 2.59. The predicted octanol–water partition coefficient (Wildman–Crippen LogP) is 11.2. The number of amides is 1. The van der Waals surface area contributed by atoms with E-state index >= 15 is 0 Å². The van der Waals surface area contributed by atoms with Crippen molar-refractivity contribution in [3.05, 3.63) is 41.5 Å². The van der Waals surface area contributed by atoms with Crippen LogP contribution in [0.25, 0.3) is 0 Å². The summed E-state index contributed by atoms with van der Waals surface area (Å²) in [6.07, 6.45) is 21.4. The third-order valence-corrected chi connectivity index (χ3v) is 13.2. The van der Waals surface area contributed by atoms with Gasteiger partial charge in [0.15, 0.2) is 0 Å². The SMILES string of the molecule is CCCCCCC(=O)Nc1ccc(C(=O)OC2CC[C@@]3(C)C(=CC[C@H]4[C@@H]5CC[C@H]([C@H](C)CCCC(C)C)[C@@]5(C)CC[C@@H]43)C2)cc1. The molecule has 0 spiro atoms. The number of hydrogen-bond donors (Lipinski definition) is 1. The van der Waals surface area contributed by atoms with Crippen molar-refractivity contribution in [3.63, 3.8) is 0 Å². The van der Waals surface area contributed by atoms with Gasteiger partial charge in [0.25, 0.3) is 0 Å². The van der Waals surface area contributed by atoms with Gasteiger partial charge in [0.2, 0.25) is 5.91 Å². The number of allylic oxidation sites excluding steroid dienone is 1. The molecule has 1 amide bonds. The highest BCUT2D eigenvalue weighted by atomic mass is 16.5. The Morgan fingerprint density at radius 2 is 1.69 bits per heavy atom. The summed E-state index contributed by atoms with van der Waals surface area (Å²) in [4.78, 5) is 25.4. The number of anilines is 1. The molecule has 1 aromatic carbocycles. The molecule has 0 aromatic heterocycles. The van der Waals surface area contributed by atoms with E-state index in [1.165, 1.54) is 57.8 Å². The molecular weight excluding hydrogens is 554 g/mol. The van der Waals surface area contributed by atoms with Crippen molar-refractivity contribution >= 4 is 17.6 Å². The highest BCUT2D eigenvalue weighted by molar-refractivity contribution is 5.93. The predicted molar refractivity (Wildman–Crippen MR) is 186 cm³/mol. The molecular formula is C41H63NO3. The van der Waals surface area contributed by atoms with Crippen LogP contribution < -0.4 is 5.32 Å². The summed E-state index contributed by atoms with van der Waals surface area (Å²) in [5.41, 5.74) is 3.62. The normalized spacial score (nSPS) is 33.0. The Morgan fingerprint density at radius 3 is 2.42 bits per heavy atom. The van der Waals surface area contributed by atoms with E-state index < -0.39 is 0 Å². The molecule has 3 saturated carbocycles. The van der Waals surface area contributed by atoms with Crippen molar-refractivity contribution in [2.75, 3.05) is 5.32 Å². The number of carbonyl (C=O) groups excluding carboxylic acids is 2. The zero-order chi connectivity index (χ0) is 32.2. The van der Waals surface area contributed by atoms with Gasteiger partial charge < -0.3 is 10.1 Å². The summed E-state index contributed by atoms with van der Waals surface area (Å²) < 4.78 is 6.11. The first-order valence-corrected chi connectivity index (χ1v) is 18.9. The maximum atomic E-state index is 13.1. The van der Waals surface area contributed by atoms with Crippen molar-refractivity contribution in [1.29, 1.82) is 0 Å². The molecule has 1 aromatic rings. The van der Waals surface area contributed by atoms with Crippen LogP contribution in [0.5, 0.6) is 0 Å². The smallest absolute Gasteiger partial charge is 0.338 e. The van der Waals surface area contributed by atoms with E-state index in [1.54, 1.807) is 17.7 Å². The summed E-state index contributed by atoms with van der Waals surface area (Å²) in [6.45, 7) is 14.7. The topological polar surface area (TPSA) is 55.4 Å². The van der Waals surface area contributed by atoms with Crippen LogP contribution in [0.4, 0.5) is 5.69 Å². The maximum Gasteiger partial charge on any atom is 0.338 e.